The molecule has 3 N–H and O–H groups in total. The fourth-order valence-corrected chi connectivity index (χ4v) is 1.52. The smallest absolute Gasteiger partial charge is 0.208 e. The third-order valence-electron chi connectivity index (χ3n) is 1.01. The van der Waals surface area contributed by atoms with E-state index in [1.54, 1.807) is 0 Å². The highest BCUT2D eigenvalue weighted by Gasteiger charge is 1.96. The van der Waals surface area contributed by atoms with Crippen molar-refractivity contribution in [1.29, 1.82) is 0 Å². The van der Waals surface area contributed by atoms with E-state index in [0.717, 1.165) is 48.8 Å². The van der Waals surface area contributed by atoms with Crippen LogP contribution in [-0.2, 0) is 19.9 Å². The van der Waals surface area contributed by atoms with Gasteiger partial charge in [0.05, 0.1) is 6.26 Å². The second-order valence-corrected chi connectivity index (χ2v) is 9.39. The highest BCUT2D eigenvalue weighted by atomic mass is 79.9. The Morgan fingerprint density at radius 3 is 1.45 bits per heavy atom. The summed E-state index contributed by atoms with van der Waals surface area (Å²) in [6, 6.07) is 0. The molecule has 10 heteroatoms. The molecule has 0 aliphatic rings. The lowest BCUT2D eigenvalue weighted by atomic mass is 10.5. The van der Waals surface area contributed by atoms with Gasteiger partial charge in [-0.2, -0.15) is 0 Å². The minimum Gasteiger partial charge on any atom is -0.330 e. The van der Waals surface area contributed by atoms with Gasteiger partial charge in [0.25, 0.3) is 0 Å². The molecule has 0 amide bonds. The molecule has 20 heavy (non-hydrogen) atoms. The van der Waals surface area contributed by atoms with E-state index in [-0.39, 0.29) is 7.43 Å². The van der Waals surface area contributed by atoms with E-state index in [9.17, 15) is 16.8 Å². The van der Waals surface area contributed by atoms with Crippen molar-refractivity contribution in [2.45, 2.75) is 20.3 Å². The zero-order chi connectivity index (χ0) is 15.9. The van der Waals surface area contributed by atoms with Gasteiger partial charge in [-0.1, -0.05) is 39.3 Å². The molecule has 0 radical (unpaired) electrons. The van der Waals surface area contributed by atoms with Crippen molar-refractivity contribution in [3.8, 4) is 0 Å². The lowest BCUT2D eigenvalue weighted by Crippen LogP contribution is -2.23. The number of nitrogens with one attached hydrogen (secondary N) is 1. The molecule has 128 valence electrons. The molecule has 0 heterocycles. The highest BCUT2D eigenvalue weighted by molar-refractivity contribution is 9.09. The molecular weight excluding hydrogens is 436 g/mol. The zero-order valence-corrected chi connectivity index (χ0v) is 16.3. The molecule has 0 saturated heterocycles. The van der Waals surface area contributed by atoms with Gasteiger partial charge in [-0.15, -0.1) is 0 Å². The number of sulfonamides is 1. The van der Waals surface area contributed by atoms with Crippen LogP contribution in [0, 0.1) is 0 Å². The Morgan fingerprint density at radius 2 is 1.30 bits per heavy atom. The van der Waals surface area contributed by atoms with E-state index in [2.05, 4.69) is 36.6 Å². The van der Waals surface area contributed by atoms with Crippen LogP contribution in [0.3, 0.4) is 0 Å². The third kappa shape index (κ3) is 77.0. The summed E-state index contributed by atoms with van der Waals surface area (Å²) in [5.74, 6) is 0. The number of hydrogen-bond acceptors (Lipinski definition) is 5. The summed E-state index contributed by atoms with van der Waals surface area (Å²) in [4.78, 5) is 0. The van der Waals surface area contributed by atoms with Gasteiger partial charge in [0, 0.05) is 29.7 Å². The van der Waals surface area contributed by atoms with E-state index in [4.69, 9.17) is 5.73 Å². The maximum Gasteiger partial charge on any atom is 0.208 e. The van der Waals surface area contributed by atoms with Crippen molar-refractivity contribution in [2.75, 3.05) is 42.5 Å². The number of sulfone groups is 1. The van der Waals surface area contributed by atoms with Gasteiger partial charge in [-0.05, 0) is 19.4 Å². The highest BCUT2D eigenvalue weighted by Crippen LogP contribution is 1.85. The minimum atomic E-state index is -2.97. The summed E-state index contributed by atoms with van der Waals surface area (Å²) in [5.41, 5.74) is 5.11. The topological polar surface area (TPSA) is 106 Å². The quantitative estimate of drug-likeness (QED) is 0.456. The molecule has 0 aliphatic heterocycles. The zero-order valence-electron chi connectivity index (χ0n) is 11.5. The summed E-state index contributed by atoms with van der Waals surface area (Å²) >= 11 is 6.41. The average Bonchev–Trinajstić information content (AvgIpc) is 2.15. The number of alkyl halides is 2. The van der Waals surface area contributed by atoms with Crippen LogP contribution in [-0.4, -0.2) is 59.4 Å². The van der Waals surface area contributed by atoms with Crippen molar-refractivity contribution >= 4 is 51.7 Å². The lowest BCUT2D eigenvalue weighted by molar-refractivity contribution is 0.587. The first-order valence-corrected chi connectivity index (χ1v) is 11.8. The molecule has 6 nitrogen and oxygen atoms in total. The maximum atomic E-state index is 10.4. The first kappa shape index (κ1) is 28.9. The molecule has 0 spiro atoms. The fourth-order valence-electron chi connectivity index (χ4n) is 0.402. The number of hydrogen-bond donors (Lipinski definition) is 2. The van der Waals surface area contributed by atoms with E-state index in [0.29, 0.717) is 6.54 Å². The van der Waals surface area contributed by atoms with Gasteiger partial charge in [0.15, 0.2) is 0 Å². The first-order valence-electron chi connectivity index (χ1n) is 5.39. The molecule has 0 bridgehead atoms. The summed E-state index contributed by atoms with van der Waals surface area (Å²) in [6.07, 6.45) is 5.38. The normalized spacial score (nSPS) is 10.3. The van der Waals surface area contributed by atoms with Crippen LogP contribution >= 0.6 is 31.9 Å². The molecule has 0 aromatic carbocycles. The van der Waals surface area contributed by atoms with Crippen molar-refractivity contribution in [3.05, 3.63) is 0 Å². The minimum absolute atomic E-state index is 0. The Kier molecular flexibility index (Phi) is 25.7. The lowest BCUT2D eigenvalue weighted by Gasteiger charge is -1.97. The van der Waals surface area contributed by atoms with Crippen LogP contribution in [0.15, 0.2) is 0 Å². The van der Waals surface area contributed by atoms with Crippen LogP contribution in [0.25, 0.3) is 0 Å². The van der Waals surface area contributed by atoms with Crippen LogP contribution in [0.4, 0.5) is 0 Å². The monoisotopic (exact) mass is 462 g/mol. The summed E-state index contributed by atoms with van der Waals surface area (Å²) in [6.45, 7) is 1.31. The van der Waals surface area contributed by atoms with Gasteiger partial charge in [-0.3, -0.25) is 0 Å². The molecule has 0 aromatic rings. The van der Waals surface area contributed by atoms with Crippen LogP contribution in [0.2, 0.25) is 0 Å². The van der Waals surface area contributed by atoms with Gasteiger partial charge in [-0.25, -0.2) is 21.6 Å². The van der Waals surface area contributed by atoms with E-state index >= 15 is 0 Å². The Bertz CT molecular complexity index is 363. The Hall–Kier alpha value is 0.780. The predicted molar refractivity (Wildman–Crippen MR) is 96.2 cm³/mol. The van der Waals surface area contributed by atoms with E-state index in [1.165, 1.54) is 0 Å². The van der Waals surface area contributed by atoms with Gasteiger partial charge < -0.3 is 5.73 Å². The van der Waals surface area contributed by atoms with Crippen molar-refractivity contribution in [3.63, 3.8) is 0 Å². The number of nitrogens with two attached hydrogens (primary N) is 1. The largest absolute Gasteiger partial charge is 0.330 e. The summed E-state index contributed by atoms with van der Waals surface area (Å²) in [7, 11) is -5.63. The third-order valence-corrected chi connectivity index (χ3v) is 2.86. The number of halogens is 2. The molecule has 0 fully saturated rings. The molecular formula is C10H28Br2N2O4S2. The molecule has 0 atom stereocenters. The van der Waals surface area contributed by atoms with Gasteiger partial charge in [0.1, 0.15) is 9.84 Å². The van der Waals surface area contributed by atoms with Crippen molar-refractivity contribution in [2.24, 2.45) is 5.73 Å². The SMILES string of the molecule is C.CS(=O)(=O)NCCCBr.CS(C)(=O)=O.NCCCBr. The second-order valence-electron chi connectivity index (χ2n) is 3.68. The van der Waals surface area contributed by atoms with E-state index in [1.807, 2.05) is 0 Å². The van der Waals surface area contributed by atoms with E-state index < -0.39 is 19.9 Å². The fraction of sp³-hybridized carbons (Fsp3) is 1.00. The van der Waals surface area contributed by atoms with Crippen molar-refractivity contribution < 1.29 is 16.8 Å². The molecule has 0 aliphatic carbocycles. The van der Waals surface area contributed by atoms with Crippen LogP contribution in [0.1, 0.15) is 20.3 Å². The maximum absolute atomic E-state index is 10.4. The summed E-state index contributed by atoms with van der Waals surface area (Å²) in [5, 5.41) is 1.86. The second kappa shape index (κ2) is 17.8. The van der Waals surface area contributed by atoms with Gasteiger partial charge in [0.2, 0.25) is 10.0 Å². The molecule has 0 aromatic heterocycles. The molecule has 0 saturated carbocycles. The Labute approximate surface area is 141 Å². The first-order chi connectivity index (χ1) is 8.47. The average molecular weight is 464 g/mol. The Balaban J connectivity index is -0.000000101. The van der Waals surface area contributed by atoms with Crippen molar-refractivity contribution in [1.82, 2.24) is 4.72 Å². The number of rotatable bonds is 6. The van der Waals surface area contributed by atoms with Crippen LogP contribution in [0.5, 0.6) is 0 Å². The van der Waals surface area contributed by atoms with Gasteiger partial charge >= 0.3 is 0 Å². The van der Waals surface area contributed by atoms with Crippen LogP contribution < -0.4 is 10.5 Å². The standard InChI is InChI=1S/C4H10BrNO2S.C3H8BrN.C2H6O2S.CH4/c1-9(7,8)6-4-2-3-5;4-2-1-3-5;1-5(2,3)4;/h6H,2-4H2,1H3;1-3,5H2;1-2H3;1H4. The predicted octanol–water partition coefficient (Wildman–Crippen LogP) is 1.35. The summed E-state index contributed by atoms with van der Waals surface area (Å²) < 4.78 is 42.4. The molecule has 0 rings (SSSR count). The Morgan fingerprint density at radius 1 is 0.950 bits per heavy atom. The molecule has 0 unspecified atom stereocenters.